The Bertz CT molecular complexity index is 1030. The smallest absolute Gasteiger partial charge is 0.336 e. The highest BCUT2D eigenvalue weighted by Gasteiger charge is 2.30. The van der Waals surface area contributed by atoms with E-state index >= 15 is 0 Å². The number of nitrogens with zero attached hydrogens (tertiary/aromatic N) is 4. The Morgan fingerprint density at radius 2 is 1.77 bits per heavy atom. The van der Waals surface area contributed by atoms with Crippen molar-refractivity contribution in [1.82, 2.24) is 19.4 Å². The van der Waals surface area contributed by atoms with E-state index in [2.05, 4.69) is 22.1 Å². The molecule has 3 aromatic rings. The number of alkyl halides is 3. The number of aryl methyl sites for hydroxylation is 1. The number of fused-ring (bicyclic) bond motifs is 1. The van der Waals surface area contributed by atoms with E-state index in [4.69, 9.17) is 0 Å². The van der Waals surface area contributed by atoms with Gasteiger partial charge in [0, 0.05) is 63.1 Å². The normalized spacial score (nSPS) is 15.7. The molecular weight excluding hydrogens is 393 g/mol. The van der Waals surface area contributed by atoms with Gasteiger partial charge in [-0.05, 0) is 48.4 Å². The van der Waals surface area contributed by atoms with Gasteiger partial charge in [0.05, 0.1) is 5.56 Å². The van der Waals surface area contributed by atoms with Crippen LogP contribution in [0.1, 0.15) is 21.5 Å². The molecule has 0 aliphatic carbocycles. The molecule has 1 aliphatic heterocycles. The summed E-state index contributed by atoms with van der Waals surface area (Å²) >= 11 is 0. The molecule has 1 amide bonds. The highest BCUT2D eigenvalue weighted by Crippen LogP contribution is 2.29. The first kappa shape index (κ1) is 20.4. The zero-order valence-corrected chi connectivity index (χ0v) is 16.7. The molecule has 0 radical (unpaired) electrons. The summed E-state index contributed by atoms with van der Waals surface area (Å²) in [6.07, 6.45) is 0.407. The van der Waals surface area contributed by atoms with E-state index < -0.39 is 11.7 Å². The van der Waals surface area contributed by atoms with Crippen molar-refractivity contribution < 1.29 is 18.0 Å². The Kier molecular flexibility index (Phi) is 5.51. The van der Waals surface area contributed by atoms with Crippen molar-refractivity contribution in [1.29, 1.82) is 0 Å². The van der Waals surface area contributed by atoms with E-state index in [0.29, 0.717) is 18.7 Å². The van der Waals surface area contributed by atoms with E-state index in [-0.39, 0.29) is 5.91 Å². The molecule has 0 atom stereocenters. The number of benzene rings is 1. The van der Waals surface area contributed by atoms with Gasteiger partial charge >= 0.3 is 6.18 Å². The Balaban J connectivity index is 1.32. The van der Waals surface area contributed by atoms with Crippen molar-refractivity contribution in [3.8, 4) is 0 Å². The summed E-state index contributed by atoms with van der Waals surface area (Å²) in [6.45, 7) is 3.51. The summed E-state index contributed by atoms with van der Waals surface area (Å²) in [4.78, 5) is 21.0. The minimum atomic E-state index is -4.40. The molecule has 0 bridgehead atoms. The Labute approximate surface area is 172 Å². The van der Waals surface area contributed by atoms with Crippen molar-refractivity contribution in [3.63, 3.8) is 0 Å². The van der Waals surface area contributed by atoms with Gasteiger partial charge in [0.2, 0.25) is 0 Å². The number of hydrogen-bond donors (Lipinski definition) is 0. The van der Waals surface area contributed by atoms with Crippen molar-refractivity contribution in [2.45, 2.75) is 12.6 Å². The lowest BCUT2D eigenvalue weighted by molar-refractivity contribution is -0.137. The van der Waals surface area contributed by atoms with Gasteiger partial charge in [0.15, 0.2) is 0 Å². The number of rotatable bonds is 4. The Hall–Kier alpha value is -2.87. The number of amides is 1. The standard InChI is InChI=1S/C22H23F3N4O/c1-27-15-17(19-3-2-9-26-20(19)27)8-10-28-11-13-29(14-12-28)21(30)16-4-6-18(7-5-16)22(23,24)25/h2-7,9,15H,8,10-14H2,1H3. The lowest BCUT2D eigenvalue weighted by Gasteiger charge is -2.34. The van der Waals surface area contributed by atoms with Crippen LogP contribution in [0.2, 0.25) is 0 Å². The van der Waals surface area contributed by atoms with Crippen molar-refractivity contribution >= 4 is 16.9 Å². The molecule has 0 spiro atoms. The third-order valence-electron chi connectivity index (χ3n) is 5.63. The maximum Gasteiger partial charge on any atom is 0.416 e. The summed E-state index contributed by atoms with van der Waals surface area (Å²) in [5, 5.41) is 1.16. The fraction of sp³-hybridized carbons (Fsp3) is 0.364. The molecule has 3 heterocycles. The molecule has 1 fully saturated rings. The Morgan fingerprint density at radius 1 is 1.07 bits per heavy atom. The molecule has 0 N–H and O–H groups in total. The van der Waals surface area contributed by atoms with Gasteiger partial charge in [-0.15, -0.1) is 0 Å². The van der Waals surface area contributed by atoms with Crippen LogP contribution in [0.15, 0.2) is 48.8 Å². The predicted molar refractivity (Wildman–Crippen MR) is 108 cm³/mol. The topological polar surface area (TPSA) is 41.4 Å². The summed E-state index contributed by atoms with van der Waals surface area (Å²) in [5.74, 6) is -0.219. The molecule has 158 valence electrons. The van der Waals surface area contributed by atoms with E-state index in [0.717, 1.165) is 49.2 Å². The van der Waals surface area contributed by atoms with Gasteiger partial charge in [-0.3, -0.25) is 9.69 Å². The first-order valence-electron chi connectivity index (χ1n) is 9.91. The summed E-state index contributed by atoms with van der Waals surface area (Å²) in [5.41, 5.74) is 1.77. The van der Waals surface area contributed by atoms with Crippen molar-refractivity contribution in [3.05, 3.63) is 65.5 Å². The third-order valence-corrected chi connectivity index (χ3v) is 5.63. The minimum Gasteiger partial charge on any atom is -0.336 e. The van der Waals surface area contributed by atoms with Crippen LogP contribution >= 0.6 is 0 Å². The maximum atomic E-state index is 12.7. The molecule has 0 saturated carbocycles. The largest absolute Gasteiger partial charge is 0.416 e. The van der Waals surface area contributed by atoms with Crippen LogP contribution < -0.4 is 0 Å². The zero-order chi connectivity index (χ0) is 21.3. The van der Waals surface area contributed by atoms with Gasteiger partial charge in [0.25, 0.3) is 5.91 Å². The quantitative estimate of drug-likeness (QED) is 0.653. The monoisotopic (exact) mass is 416 g/mol. The average Bonchev–Trinajstić information content (AvgIpc) is 3.07. The summed E-state index contributed by atoms with van der Waals surface area (Å²) in [7, 11) is 1.99. The van der Waals surface area contributed by atoms with Crippen molar-refractivity contribution in [2.75, 3.05) is 32.7 Å². The third kappa shape index (κ3) is 4.18. The molecule has 1 saturated heterocycles. The SMILES string of the molecule is Cn1cc(CCN2CCN(C(=O)c3ccc(C(F)(F)F)cc3)CC2)c2cccnc21. The average molecular weight is 416 g/mol. The van der Waals surface area contributed by atoms with E-state index in [1.165, 1.54) is 17.7 Å². The first-order chi connectivity index (χ1) is 14.3. The fourth-order valence-corrected chi connectivity index (χ4v) is 3.93. The molecule has 30 heavy (non-hydrogen) atoms. The second-order valence-electron chi connectivity index (χ2n) is 7.60. The van der Waals surface area contributed by atoms with Crippen LogP contribution in [-0.4, -0.2) is 58.0 Å². The molecule has 2 aromatic heterocycles. The summed E-state index contributed by atoms with van der Waals surface area (Å²) in [6, 6.07) is 8.46. The lowest BCUT2D eigenvalue weighted by Crippen LogP contribution is -2.49. The van der Waals surface area contributed by atoms with Gasteiger partial charge in [-0.25, -0.2) is 4.98 Å². The van der Waals surface area contributed by atoms with Gasteiger partial charge in [-0.1, -0.05) is 0 Å². The number of aromatic nitrogens is 2. The lowest BCUT2D eigenvalue weighted by atomic mass is 10.1. The molecule has 1 aliphatic rings. The van der Waals surface area contributed by atoms with Crippen LogP contribution in [0.25, 0.3) is 11.0 Å². The minimum absolute atomic E-state index is 0.219. The summed E-state index contributed by atoms with van der Waals surface area (Å²) < 4.78 is 40.1. The van der Waals surface area contributed by atoms with E-state index in [9.17, 15) is 18.0 Å². The molecule has 5 nitrogen and oxygen atoms in total. The molecule has 0 unspecified atom stereocenters. The van der Waals surface area contributed by atoms with Crippen LogP contribution in [-0.2, 0) is 19.6 Å². The second kappa shape index (κ2) is 8.10. The van der Waals surface area contributed by atoms with E-state index in [1.54, 1.807) is 11.1 Å². The highest BCUT2D eigenvalue weighted by molar-refractivity contribution is 5.94. The molecular formula is C22H23F3N4O. The predicted octanol–water partition coefficient (Wildman–Crippen LogP) is 3.59. The number of carbonyl (C=O) groups is 1. The van der Waals surface area contributed by atoms with Crippen LogP contribution in [0.3, 0.4) is 0 Å². The highest BCUT2D eigenvalue weighted by atomic mass is 19.4. The van der Waals surface area contributed by atoms with Crippen LogP contribution in [0.4, 0.5) is 13.2 Å². The van der Waals surface area contributed by atoms with Gasteiger partial charge < -0.3 is 9.47 Å². The number of halogens is 3. The van der Waals surface area contributed by atoms with Gasteiger partial charge in [-0.2, -0.15) is 13.2 Å². The maximum absolute atomic E-state index is 12.7. The van der Waals surface area contributed by atoms with Crippen LogP contribution in [0, 0.1) is 0 Å². The number of pyridine rings is 1. The van der Waals surface area contributed by atoms with Crippen LogP contribution in [0.5, 0.6) is 0 Å². The Morgan fingerprint density at radius 3 is 2.43 bits per heavy atom. The van der Waals surface area contributed by atoms with Crippen molar-refractivity contribution in [2.24, 2.45) is 7.05 Å². The number of hydrogen-bond acceptors (Lipinski definition) is 3. The number of piperazine rings is 1. The fourth-order valence-electron chi connectivity index (χ4n) is 3.93. The van der Waals surface area contributed by atoms with Gasteiger partial charge in [0.1, 0.15) is 5.65 Å². The second-order valence-corrected chi connectivity index (χ2v) is 7.60. The molecule has 4 rings (SSSR count). The molecule has 8 heteroatoms. The number of carbonyl (C=O) groups excluding carboxylic acids is 1. The zero-order valence-electron chi connectivity index (χ0n) is 16.7. The first-order valence-corrected chi connectivity index (χ1v) is 9.91. The van der Waals surface area contributed by atoms with E-state index in [1.807, 2.05) is 17.7 Å². The molecule has 1 aromatic carbocycles.